The van der Waals surface area contributed by atoms with Crippen LogP contribution < -0.4 is 16.4 Å². The Morgan fingerprint density at radius 1 is 1.20 bits per heavy atom. The number of hydrogen-bond donors (Lipinski definition) is 7. The van der Waals surface area contributed by atoms with Gasteiger partial charge in [0.15, 0.2) is 0 Å². The van der Waals surface area contributed by atoms with Crippen molar-refractivity contribution in [2.45, 2.75) is 31.2 Å². The lowest BCUT2D eigenvalue weighted by Crippen LogP contribution is -2.57. The van der Waals surface area contributed by atoms with Gasteiger partial charge in [-0.25, -0.2) is 4.79 Å². The highest BCUT2D eigenvalue weighted by Gasteiger charge is 2.27. The minimum absolute atomic E-state index is 0.109. The normalized spacial score (nSPS) is 16.6. The molecule has 0 saturated carbocycles. The molecule has 0 spiro atoms. The van der Waals surface area contributed by atoms with Gasteiger partial charge in [-0.3, -0.25) is 9.59 Å². The molecular formula is C10H19N3O6S. The van der Waals surface area contributed by atoms with E-state index in [-0.39, 0.29) is 5.75 Å². The number of aliphatic hydroxyl groups excluding tert-OH is 2. The van der Waals surface area contributed by atoms with Gasteiger partial charge < -0.3 is 31.7 Å². The Hall–Kier alpha value is -1.36. The van der Waals surface area contributed by atoms with E-state index < -0.39 is 48.6 Å². The monoisotopic (exact) mass is 309 g/mol. The van der Waals surface area contributed by atoms with E-state index in [2.05, 4.69) is 17.9 Å². The third-order valence-electron chi connectivity index (χ3n) is 2.44. The maximum absolute atomic E-state index is 11.7. The van der Waals surface area contributed by atoms with Crippen molar-refractivity contribution in [3.63, 3.8) is 0 Å². The van der Waals surface area contributed by atoms with E-state index in [9.17, 15) is 14.4 Å². The van der Waals surface area contributed by atoms with Crippen LogP contribution in [0.25, 0.3) is 0 Å². The van der Waals surface area contributed by atoms with E-state index in [1.807, 2.05) is 5.32 Å². The minimum atomic E-state index is -1.48. The summed E-state index contributed by atoms with van der Waals surface area (Å²) in [6.45, 7) is 0.522. The molecule has 9 nitrogen and oxygen atoms in total. The molecule has 0 radical (unpaired) electrons. The fourth-order valence-electron chi connectivity index (χ4n) is 1.14. The van der Waals surface area contributed by atoms with Gasteiger partial charge in [-0.1, -0.05) is 0 Å². The van der Waals surface area contributed by atoms with Gasteiger partial charge in [0.2, 0.25) is 11.8 Å². The highest BCUT2D eigenvalue weighted by molar-refractivity contribution is 7.80. The summed E-state index contributed by atoms with van der Waals surface area (Å²) in [5.74, 6) is -3.12. The second-order valence-corrected chi connectivity index (χ2v) is 4.46. The van der Waals surface area contributed by atoms with Gasteiger partial charge in [0.1, 0.15) is 18.1 Å². The molecule has 0 aromatic rings. The van der Waals surface area contributed by atoms with Gasteiger partial charge in [0, 0.05) is 5.75 Å². The largest absolute Gasteiger partial charge is 0.480 e. The fourth-order valence-corrected chi connectivity index (χ4v) is 1.40. The number of carbonyl (C=O) groups excluding carboxylic acids is 2. The molecule has 10 heteroatoms. The topological polar surface area (TPSA) is 162 Å². The molecule has 0 fully saturated rings. The second kappa shape index (κ2) is 8.74. The number of carbonyl (C=O) groups is 3. The molecule has 116 valence electrons. The van der Waals surface area contributed by atoms with Crippen LogP contribution in [0.1, 0.15) is 6.92 Å². The number of rotatable bonds is 8. The van der Waals surface area contributed by atoms with Gasteiger partial charge in [-0.05, 0) is 6.92 Å². The average Bonchev–Trinajstić information content (AvgIpc) is 2.39. The first-order valence-electron chi connectivity index (χ1n) is 5.73. The summed E-state index contributed by atoms with van der Waals surface area (Å²) >= 11 is 3.86. The van der Waals surface area contributed by atoms with E-state index in [0.29, 0.717) is 0 Å². The number of amides is 2. The summed E-state index contributed by atoms with van der Waals surface area (Å²) in [6.07, 6.45) is -1.11. The Morgan fingerprint density at radius 3 is 2.05 bits per heavy atom. The highest BCUT2D eigenvalue weighted by Crippen LogP contribution is 1.95. The zero-order valence-electron chi connectivity index (χ0n) is 10.8. The first kappa shape index (κ1) is 18.6. The van der Waals surface area contributed by atoms with E-state index in [1.54, 1.807) is 0 Å². The molecule has 0 aliphatic rings. The van der Waals surface area contributed by atoms with Crippen molar-refractivity contribution in [1.29, 1.82) is 0 Å². The van der Waals surface area contributed by atoms with E-state index in [1.165, 1.54) is 6.92 Å². The zero-order chi connectivity index (χ0) is 15.9. The highest BCUT2D eigenvalue weighted by atomic mass is 32.1. The molecule has 0 saturated heterocycles. The molecule has 0 rings (SSSR count). The summed E-state index contributed by atoms with van der Waals surface area (Å²) in [5, 5.41) is 30.9. The molecule has 20 heavy (non-hydrogen) atoms. The molecule has 0 aliphatic carbocycles. The van der Waals surface area contributed by atoms with Crippen LogP contribution in [-0.2, 0) is 14.4 Å². The Kier molecular flexibility index (Phi) is 8.15. The van der Waals surface area contributed by atoms with Crippen molar-refractivity contribution in [1.82, 2.24) is 10.6 Å². The van der Waals surface area contributed by atoms with Crippen LogP contribution in [0, 0.1) is 0 Å². The Labute approximate surface area is 120 Å². The van der Waals surface area contributed by atoms with Gasteiger partial charge in [0.05, 0.1) is 12.7 Å². The summed E-state index contributed by atoms with van der Waals surface area (Å²) in [6, 6.07) is -3.84. The molecule has 0 aliphatic heterocycles. The fraction of sp³-hybridized carbons (Fsp3) is 0.700. The summed E-state index contributed by atoms with van der Waals surface area (Å²) in [5.41, 5.74) is 5.39. The van der Waals surface area contributed by atoms with Crippen molar-refractivity contribution in [2.75, 3.05) is 12.4 Å². The lowest BCUT2D eigenvalue weighted by molar-refractivity contribution is -0.143. The van der Waals surface area contributed by atoms with Gasteiger partial charge >= 0.3 is 5.97 Å². The number of carboxylic acid groups (broad SMARTS) is 1. The quantitative estimate of drug-likeness (QED) is 0.231. The summed E-state index contributed by atoms with van der Waals surface area (Å²) < 4.78 is 0. The van der Waals surface area contributed by atoms with Crippen LogP contribution in [-0.4, -0.2) is 69.7 Å². The van der Waals surface area contributed by atoms with Crippen LogP contribution in [0.3, 0.4) is 0 Å². The number of aliphatic carboxylic acids is 1. The standard InChI is InChI=1S/C10H19N3O6S/c1-4(15)7(11)9(17)13-6(3-20)8(16)12-5(2-14)10(18)19/h4-7,14-15,20H,2-3,11H2,1H3,(H,12,16)(H,13,17)(H,18,19)/t4-,5+,6+,7+/m1/s1. The van der Waals surface area contributed by atoms with Crippen LogP contribution in [0.4, 0.5) is 0 Å². The smallest absolute Gasteiger partial charge is 0.328 e. The van der Waals surface area contributed by atoms with Crippen molar-refractivity contribution < 1.29 is 29.7 Å². The molecule has 4 atom stereocenters. The number of nitrogens with two attached hydrogens (primary N) is 1. The molecule has 0 unspecified atom stereocenters. The third kappa shape index (κ3) is 5.74. The molecule has 7 N–H and O–H groups in total. The van der Waals surface area contributed by atoms with Crippen LogP contribution in [0.5, 0.6) is 0 Å². The third-order valence-corrected chi connectivity index (χ3v) is 2.80. The Morgan fingerprint density at radius 2 is 1.70 bits per heavy atom. The maximum Gasteiger partial charge on any atom is 0.328 e. The van der Waals surface area contributed by atoms with E-state index in [4.69, 9.17) is 21.1 Å². The number of thiol groups is 1. The van der Waals surface area contributed by atoms with Gasteiger partial charge in [0.25, 0.3) is 0 Å². The van der Waals surface area contributed by atoms with E-state index in [0.717, 1.165) is 0 Å². The summed E-state index contributed by atoms with van der Waals surface area (Å²) in [7, 11) is 0. The molecule has 0 aromatic carbocycles. The van der Waals surface area contributed by atoms with Gasteiger partial charge in [-0.15, -0.1) is 0 Å². The predicted octanol–water partition coefficient (Wildman–Crippen LogP) is -3.33. The number of carboxylic acids is 1. The van der Waals surface area contributed by atoms with Crippen molar-refractivity contribution >= 4 is 30.4 Å². The minimum Gasteiger partial charge on any atom is -0.480 e. The lowest BCUT2D eigenvalue weighted by atomic mass is 10.1. The van der Waals surface area contributed by atoms with Crippen molar-refractivity contribution in [3.05, 3.63) is 0 Å². The molecule has 0 bridgehead atoms. The molecule has 0 heterocycles. The Bertz CT molecular complexity index is 365. The summed E-state index contributed by atoms with van der Waals surface area (Å²) in [4.78, 5) is 34.0. The Balaban J connectivity index is 4.64. The maximum atomic E-state index is 11.7. The zero-order valence-corrected chi connectivity index (χ0v) is 11.7. The predicted molar refractivity (Wildman–Crippen MR) is 72.1 cm³/mol. The van der Waals surface area contributed by atoms with Gasteiger partial charge in [-0.2, -0.15) is 12.6 Å². The van der Waals surface area contributed by atoms with Crippen molar-refractivity contribution in [3.8, 4) is 0 Å². The lowest BCUT2D eigenvalue weighted by Gasteiger charge is -2.21. The first-order valence-corrected chi connectivity index (χ1v) is 6.36. The van der Waals surface area contributed by atoms with Crippen LogP contribution in [0.2, 0.25) is 0 Å². The number of nitrogens with one attached hydrogen (secondary N) is 2. The van der Waals surface area contributed by atoms with Crippen molar-refractivity contribution in [2.24, 2.45) is 5.73 Å². The molecule has 2 amide bonds. The van der Waals surface area contributed by atoms with Crippen LogP contribution >= 0.6 is 12.6 Å². The average molecular weight is 309 g/mol. The second-order valence-electron chi connectivity index (χ2n) is 4.09. The molecule has 0 aromatic heterocycles. The van der Waals surface area contributed by atoms with Crippen LogP contribution in [0.15, 0.2) is 0 Å². The first-order chi connectivity index (χ1) is 9.24. The number of aliphatic hydroxyl groups is 2. The van der Waals surface area contributed by atoms with E-state index >= 15 is 0 Å². The molecular weight excluding hydrogens is 290 g/mol. The number of hydrogen-bond acceptors (Lipinski definition) is 7. The SMILES string of the molecule is C[C@@H](O)[C@H](N)C(=O)N[C@@H](CS)C(=O)N[C@@H](CO)C(=O)O.